The molecule has 2 aliphatic heterocycles. The molecule has 0 spiro atoms. The summed E-state index contributed by atoms with van der Waals surface area (Å²) >= 11 is 8.41. The van der Waals surface area contributed by atoms with Crippen molar-refractivity contribution < 1.29 is 14.0 Å². The number of hydrogen-bond acceptors (Lipinski definition) is 2. The van der Waals surface area contributed by atoms with Crippen LogP contribution in [0.2, 0.25) is 5.02 Å². The molecule has 0 radical (unpaired) electrons. The Kier molecular flexibility index (Phi) is 5.57. The lowest BCUT2D eigenvalue weighted by Gasteiger charge is -2.48. The van der Waals surface area contributed by atoms with E-state index >= 15 is 0 Å². The molecule has 0 aromatic heterocycles. The van der Waals surface area contributed by atoms with Crippen molar-refractivity contribution >= 4 is 40.2 Å². The number of nitrogens with zero attached hydrogens (tertiary/aromatic N) is 1. The van der Waals surface area contributed by atoms with Crippen LogP contribution >= 0.6 is 34.2 Å². The molecule has 5 atom stereocenters. The molecule has 1 aromatic rings. The van der Waals surface area contributed by atoms with Gasteiger partial charge in [0.15, 0.2) is 0 Å². The highest BCUT2D eigenvalue weighted by Gasteiger charge is 2.58. The van der Waals surface area contributed by atoms with E-state index in [4.69, 9.17) is 16.3 Å². The van der Waals surface area contributed by atoms with Gasteiger partial charge in [-0.1, -0.05) is 46.3 Å². The minimum Gasteiger partial charge on any atom is -0.469 e. The van der Waals surface area contributed by atoms with Crippen LogP contribution in [0.15, 0.2) is 36.5 Å². The van der Waals surface area contributed by atoms with Crippen molar-refractivity contribution in [2.45, 2.75) is 37.3 Å². The van der Waals surface area contributed by atoms with E-state index in [1.165, 1.54) is 19.1 Å². The monoisotopic (exact) mass is 460 g/mol. The van der Waals surface area contributed by atoms with Crippen LogP contribution in [0.25, 0.3) is 0 Å². The van der Waals surface area contributed by atoms with E-state index in [-0.39, 0.29) is 23.8 Å². The van der Waals surface area contributed by atoms with Gasteiger partial charge in [-0.3, -0.25) is 9.28 Å². The van der Waals surface area contributed by atoms with E-state index in [0.717, 1.165) is 26.8 Å². The van der Waals surface area contributed by atoms with E-state index in [0.29, 0.717) is 6.04 Å². The van der Waals surface area contributed by atoms with Gasteiger partial charge in [-0.2, -0.15) is 0 Å². The predicted molar refractivity (Wildman–Crippen MR) is 105 cm³/mol. The maximum absolute atomic E-state index is 12.7. The van der Waals surface area contributed by atoms with E-state index < -0.39 is 0 Å². The van der Waals surface area contributed by atoms with Crippen LogP contribution in [0, 0.1) is 5.92 Å². The number of hydrogen-bond donors (Lipinski definition) is 0. The molecule has 2 bridgehead atoms. The van der Waals surface area contributed by atoms with Gasteiger partial charge in [0.2, 0.25) is 0 Å². The molecule has 5 heteroatoms. The van der Waals surface area contributed by atoms with Crippen LogP contribution < -0.4 is 0 Å². The quantitative estimate of drug-likeness (QED) is 0.285. The Morgan fingerprint density at radius 2 is 2.08 bits per heavy atom. The summed E-state index contributed by atoms with van der Waals surface area (Å²) in [5.74, 6) is 0.0396. The fourth-order valence-electron chi connectivity index (χ4n) is 4.78. The maximum Gasteiger partial charge on any atom is 0.315 e. The number of allylic oxidation sites excluding steroid dienone is 1. The number of carbonyl (C=O) groups is 1. The number of rotatable bonds is 4. The molecular formula is C19H24ClINO2+. The maximum atomic E-state index is 12.7. The van der Waals surface area contributed by atoms with Gasteiger partial charge in [0.25, 0.3) is 0 Å². The third-order valence-corrected chi connectivity index (χ3v) is 6.72. The molecule has 24 heavy (non-hydrogen) atoms. The van der Waals surface area contributed by atoms with Crippen molar-refractivity contribution in [3.8, 4) is 0 Å². The molecule has 2 aliphatic rings. The Morgan fingerprint density at radius 3 is 2.71 bits per heavy atom. The van der Waals surface area contributed by atoms with Crippen molar-refractivity contribution in [3.63, 3.8) is 0 Å². The Labute approximate surface area is 162 Å². The summed E-state index contributed by atoms with van der Waals surface area (Å²) in [6.07, 6.45) is 7.80. The van der Waals surface area contributed by atoms with Crippen LogP contribution in [0.1, 0.15) is 30.7 Å². The Balaban J connectivity index is 1.99. The molecular weight excluding hydrogens is 437 g/mol. The molecule has 3 rings (SSSR count). The molecule has 130 valence electrons. The SMILES string of the molecule is COC(=O)C1C(c2ccc(Cl)cc2)CC2CCC1[N+]2(C)C=CCI. The van der Waals surface area contributed by atoms with E-state index in [2.05, 4.69) is 54.0 Å². The zero-order valence-corrected chi connectivity index (χ0v) is 17.0. The second-order valence-corrected chi connectivity index (χ2v) is 8.32. The predicted octanol–water partition coefficient (Wildman–Crippen LogP) is 4.54. The zero-order valence-electron chi connectivity index (χ0n) is 14.1. The summed E-state index contributed by atoms with van der Waals surface area (Å²) in [7, 11) is 3.78. The smallest absolute Gasteiger partial charge is 0.315 e. The fourth-order valence-corrected chi connectivity index (χ4v) is 5.13. The Morgan fingerprint density at radius 1 is 1.38 bits per heavy atom. The number of esters is 1. The molecule has 2 heterocycles. The molecule has 1 aromatic carbocycles. The Hall–Kier alpha value is -0.590. The molecule has 5 unspecified atom stereocenters. The lowest BCUT2D eigenvalue weighted by Crippen LogP contribution is -2.59. The first-order valence-corrected chi connectivity index (χ1v) is 10.3. The van der Waals surface area contributed by atoms with Crippen molar-refractivity contribution in [1.82, 2.24) is 0 Å². The summed E-state index contributed by atoms with van der Waals surface area (Å²) in [5.41, 5.74) is 1.20. The lowest BCUT2D eigenvalue weighted by atomic mass is 9.75. The highest BCUT2D eigenvalue weighted by Crippen LogP contribution is 2.51. The standard InChI is InChI=1S/C19H24ClINO2/c1-22(11-3-10-21)15-8-9-17(22)18(19(23)24-2)16(12-15)13-4-6-14(20)7-5-13/h3-7,11,15-18H,8-10,12H2,1-2H3/q+1. The topological polar surface area (TPSA) is 26.3 Å². The normalized spacial score (nSPS) is 35.3. The third kappa shape index (κ3) is 3.13. The Bertz CT molecular complexity index is 633. The molecule has 3 nitrogen and oxygen atoms in total. The van der Waals surface area contributed by atoms with E-state index in [9.17, 15) is 4.79 Å². The summed E-state index contributed by atoms with van der Waals surface area (Å²) in [6.45, 7) is 0. The van der Waals surface area contributed by atoms with Crippen molar-refractivity contribution in [1.29, 1.82) is 0 Å². The van der Waals surface area contributed by atoms with Crippen LogP contribution in [0.5, 0.6) is 0 Å². The number of benzene rings is 1. The second-order valence-electron chi connectivity index (χ2n) is 7.00. The molecule has 0 N–H and O–H groups in total. The number of methoxy groups -OCH3 is 1. The van der Waals surface area contributed by atoms with Gasteiger partial charge >= 0.3 is 5.97 Å². The average molecular weight is 461 g/mol. The number of piperidine rings is 1. The minimum atomic E-state index is -0.0983. The summed E-state index contributed by atoms with van der Waals surface area (Å²) in [6, 6.07) is 8.83. The van der Waals surface area contributed by atoms with Crippen molar-refractivity contribution in [3.05, 3.63) is 47.1 Å². The van der Waals surface area contributed by atoms with Crippen molar-refractivity contribution in [2.24, 2.45) is 5.92 Å². The van der Waals surface area contributed by atoms with Crippen LogP contribution in [0.3, 0.4) is 0 Å². The van der Waals surface area contributed by atoms with E-state index in [1.807, 2.05) is 12.1 Å². The molecule has 0 amide bonds. The number of fused-ring (bicyclic) bond motifs is 2. The number of carbonyl (C=O) groups excluding carboxylic acids is 1. The van der Waals surface area contributed by atoms with Gasteiger partial charge < -0.3 is 4.74 Å². The number of alkyl halides is 1. The second kappa shape index (κ2) is 7.34. The first-order valence-electron chi connectivity index (χ1n) is 8.43. The van der Waals surface area contributed by atoms with Gasteiger partial charge in [-0.15, -0.1) is 0 Å². The first kappa shape index (κ1) is 18.2. The van der Waals surface area contributed by atoms with Gasteiger partial charge in [-0.05, 0) is 23.8 Å². The van der Waals surface area contributed by atoms with Gasteiger partial charge in [0.05, 0.1) is 26.4 Å². The minimum absolute atomic E-state index is 0.0764. The lowest BCUT2D eigenvalue weighted by molar-refractivity contribution is -0.904. The summed E-state index contributed by atoms with van der Waals surface area (Å²) in [5, 5.41) is 0.734. The summed E-state index contributed by atoms with van der Waals surface area (Å²) < 4.78 is 7.08. The van der Waals surface area contributed by atoms with Crippen LogP contribution in [0.4, 0.5) is 0 Å². The van der Waals surface area contributed by atoms with Crippen LogP contribution in [-0.4, -0.2) is 41.1 Å². The number of quaternary nitrogens is 1. The first-order chi connectivity index (χ1) is 11.5. The third-order valence-electron chi connectivity index (χ3n) is 5.96. The number of ether oxygens (including phenoxy) is 1. The van der Waals surface area contributed by atoms with Crippen molar-refractivity contribution in [2.75, 3.05) is 18.6 Å². The molecule has 2 fully saturated rings. The van der Waals surface area contributed by atoms with E-state index in [1.54, 1.807) is 0 Å². The van der Waals surface area contributed by atoms with Gasteiger partial charge in [-0.25, -0.2) is 0 Å². The summed E-state index contributed by atoms with van der Waals surface area (Å²) in [4.78, 5) is 12.7. The zero-order chi connectivity index (χ0) is 17.3. The van der Waals surface area contributed by atoms with Gasteiger partial charge in [0, 0.05) is 34.6 Å². The largest absolute Gasteiger partial charge is 0.469 e. The average Bonchev–Trinajstić information content (AvgIpc) is 2.78. The highest BCUT2D eigenvalue weighted by atomic mass is 127. The molecule has 0 aliphatic carbocycles. The fraction of sp³-hybridized carbons (Fsp3) is 0.526. The molecule has 0 saturated carbocycles. The molecule has 2 saturated heterocycles. The highest BCUT2D eigenvalue weighted by molar-refractivity contribution is 14.1. The number of halogens is 2. The van der Waals surface area contributed by atoms with Gasteiger partial charge in [0.1, 0.15) is 12.0 Å². The van der Waals surface area contributed by atoms with Crippen LogP contribution in [-0.2, 0) is 9.53 Å².